The summed E-state index contributed by atoms with van der Waals surface area (Å²) in [4.78, 5) is 0. The highest BCUT2D eigenvalue weighted by Gasteiger charge is 1.99. The molecule has 0 aromatic heterocycles. The summed E-state index contributed by atoms with van der Waals surface area (Å²) in [6, 6.07) is 18.0. The summed E-state index contributed by atoms with van der Waals surface area (Å²) < 4.78 is 0. The van der Waals surface area contributed by atoms with E-state index in [0.717, 1.165) is 24.8 Å². The molecule has 1 N–H and O–H groups in total. The first-order valence-electron chi connectivity index (χ1n) is 5.67. The standard InChI is InChI=1S/C15H16O/c16-15-12-5-4-10-14(15)11-6-9-13-7-2-1-3-8-13/h1-5,7-8,10,12,16H,6,9,11H2. The van der Waals surface area contributed by atoms with E-state index in [0.29, 0.717) is 5.75 Å². The van der Waals surface area contributed by atoms with Crippen LogP contribution < -0.4 is 0 Å². The summed E-state index contributed by atoms with van der Waals surface area (Å²) in [6.45, 7) is 0. The number of benzene rings is 2. The third-order valence-electron chi connectivity index (χ3n) is 2.75. The van der Waals surface area contributed by atoms with Gasteiger partial charge in [-0.15, -0.1) is 0 Å². The number of hydrogen-bond donors (Lipinski definition) is 1. The van der Waals surface area contributed by atoms with E-state index in [2.05, 4.69) is 24.3 Å². The topological polar surface area (TPSA) is 20.2 Å². The zero-order valence-electron chi connectivity index (χ0n) is 9.26. The van der Waals surface area contributed by atoms with Gasteiger partial charge < -0.3 is 5.11 Å². The summed E-state index contributed by atoms with van der Waals surface area (Å²) in [6.07, 6.45) is 3.07. The Labute approximate surface area is 96.4 Å². The Balaban J connectivity index is 1.87. The van der Waals surface area contributed by atoms with Crippen molar-refractivity contribution in [2.24, 2.45) is 0 Å². The lowest BCUT2D eigenvalue weighted by atomic mass is 10.0. The van der Waals surface area contributed by atoms with E-state index >= 15 is 0 Å². The third kappa shape index (κ3) is 2.86. The molecular formula is C15H16O. The molecule has 0 saturated carbocycles. The maximum atomic E-state index is 9.61. The Bertz CT molecular complexity index is 434. The van der Waals surface area contributed by atoms with Gasteiger partial charge in [-0.2, -0.15) is 0 Å². The second-order valence-corrected chi connectivity index (χ2v) is 3.97. The molecule has 0 fully saturated rings. The lowest BCUT2D eigenvalue weighted by Gasteiger charge is -2.04. The quantitative estimate of drug-likeness (QED) is 0.821. The van der Waals surface area contributed by atoms with Gasteiger partial charge in [0, 0.05) is 0 Å². The van der Waals surface area contributed by atoms with E-state index in [1.165, 1.54) is 5.56 Å². The molecule has 1 nitrogen and oxygen atoms in total. The SMILES string of the molecule is Oc1ccccc1CCCc1ccccc1. The maximum Gasteiger partial charge on any atom is 0.118 e. The van der Waals surface area contributed by atoms with Gasteiger partial charge in [-0.25, -0.2) is 0 Å². The van der Waals surface area contributed by atoms with Gasteiger partial charge in [-0.1, -0.05) is 48.5 Å². The summed E-state index contributed by atoms with van der Waals surface area (Å²) in [5.41, 5.74) is 2.40. The summed E-state index contributed by atoms with van der Waals surface area (Å²) in [5, 5.41) is 9.61. The molecule has 0 unspecified atom stereocenters. The normalized spacial score (nSPS) is 10.2. The van der Waals surface area contributed by atoms with Gasteiger partial charge in [0.2, 0.25) is 0 Å². The Morgan fingerprint density at radius 1 is 0.750 bits per heavy atom. The zero-order chi connectivity index (χ0) is 11.2. The molecule has 0 atom stereocenters. The van der Waals surface area contributed by atoms with Crippen LogP contribution in [0.4, 0.5) is 0 Å². The first kappa shape index (κ1) is 10.7. The van der Waals surface area contributed by atoms with Crippen LogP contribution in [0.3, 0.4) is 0 Å². The van der Waals surface area contributed by atoms with Gasteiger partial charge >= 0.3 is 0 Å². The van der Waals surface area contributed by atoms with E-state index in [1.807, 2.05) is 24.3 Å². The Morgan fingerprint density at radius 2 is 1.44 bits per heavy atom. The van der Waals surface area contributed by atoms with Crippen molar-refractivity contribution in [1.29, 1.82) is 0 Å². The van der Waals surface area contributed by atoms with Gasteiger partial charge in [0.25, 0.3) is 0 Å². The maximum absolute atomic E-state index is 9.61. The first-order valence-corrected chi connectivity index (χ1v) is 5.67. The largest absolute Gasteiger partial charge is 0.508 e. The van der Waals surface area contributed by atoms with Gasteiger partial charge in [0.1, 0.15) is 5.75 Å². The van der Waals surface area contributed by atoms with Crippen molar-refractivity contribution in [1.82, 2.24) is 0 Å². The highest BCUT2D eigenvalue weighted by molar-refractivity contribution is 5.31. The van der Waals surface area contributed by atoms with Crippen molar-refractivity contribution in [3.05, 3.63) is 65.7 Å². The van der Waals surface area contributed by atoms with Crippen molar-refractivity contribution >= 4 is 0 Å². The lowest BCUT2D eigenvalue weighted by Crippen LogP contribution is -1.90. The molecule has 16 heavy (non-hydrogen) atoms. The highest BCUT2D eigenvalue weighted by Crippen LogP contribution is 2.18. The molecule has 0 spiro atoms. The van der Waals surface area contributed by atoms with Crippen molar-refractivity contribution in [3.8, 4) is 5.75 Å². The number of phenols is 1. The fourth-order valence-electron chi connectivity index (χ4n) is 1.85. The van der Waals surface area contributed by atoms with Crippen LogP contribution in [0, 0.1) is 0 Å². The van der Waals surface area contributed by atoms with Crippen LogP contribution in [-0.4, -0.2) is 5.11 Å². The number of hydrogen-bond acceptors (Lipinski definition) is 1. The average Bonchev–Trinajstić information content (AvgIpc) is 2.33. The monoisotopic (exact) mass is 212 g/mol. The predicted molar refractivity (Wildman–Crippen MR) is 66.6 cm³/mol. The van der Waals surface area contributed by atoms with Crippen molar-refractivity contribution in [3.63, 3.8) is 0 Å². The zero-order valence-corrected chi connectivity index (χ0v) is 9.26. The van der Waals surface area contributed by atoms with Crippen LogP contribution in [0.15, 0.2) is 54.6 Å². The van der Waals surface area contributed by atoms with Gasteiger partial charge in [0.05, 0.1) is 0 Å². The molecule has 0 radical (unpaired) electrons. The summed E-state index contributed by atoms with van der Waals surface area (Å²) in [5.74, 6) is 0.413. The van der Waals surface area contributed by atoms with E-state index in [9.17, 15) is 5.11 Å². The van der Waals surface area contributed by atoms with E-state index < -0.39 is 0 Å². The van der Waals surface area contributed by atoms with Gasteiger partial charge in [0.15, 0.2) is 0 Å². The number of para-hydroxylation sites is 1. The smallest absolute Gasteiger partial charge is 0.118 e. The van der Waals surface area contributed by atoms with E-state index in [1.54, 1.807) is 6.07 Å². The van der Waals surface area contributed by atoms with Crippen LogP contribution in [-0.2, 0) is 12.8 Å². The minimum absolute atomic E-state index is 0.413. The highest BCUT2D eigenvalue weighted by atomic mass is 16.3. The number of rotatable bonds is 4. The van der Waals surface area contributed by atoms with E-state index in [-0.39, 0.29) is 0 Å². The Hall–Kier alpha value is -1.76. The molecule has 0 heterocycles. The molecule has 0 saturated heterocycles. The molecule has 0 aliphatic carbocycles. The van der Waals surface area contributed by atoms with Crippen LogP contribution in [0.5, 0.6) is 5.75 Å². The second-order valence-electron chi connectivity index (χ2n) is 3.97. The van der Waals surface area contributed by atoms with Crippen molar-refractivity contribution < 1.29 is 5.11 Å². The third-order valence-corrected chi connectivity index (χ3v) is 2.75. The summed E-state index contributed by atoms with van der Waals surface area (Å²) in [7, 11) is 0. The predicted octanol–water partition coefficient (Wildman–Crippen LogP) is 3.57. The molecule has 0 bridgehead atoms. The van der Waals surface area contributed by atoms with Crippen molar-refractivity contribution in [2.75, 3.05) is 0 Å². The summed E-state index contributed by atoms with van der Waals surface area (Å²) >= 11 is 0. The minimum Gasteiger partial charge on any atom is -0.508 e. The minimum atomic E-state index is 0.413. The van der Waals surface area contributed by atoms with E-state index in [4.69, 9.17) is 0 Å². The molecule has 0 amide bonds. The van der Waals surface area contributed by atoms with Crippen molar-refractivity contribution in [2.45, 2.75) is 19.3 Å². The number of aromatic hydroxyl groups is 1. The fraction of sp³-hybridized carbons (Fsp3) is 0.200. The molecule has 0 aliphatic rings. The Morgan fingerprint density at radius 3 is 2.19 bits per heavy atom. The molecule has 2 aromatic carbocycles. The average molecular weight is 212 g/mol. The van der Waals surface area contributed by atoms with Crippen LogP contribution >= 0.6 is 0 Å². The van der Waals surface area contributed by atoms with Crippen LogP contribution in [0.1, 0.15) is 17.5 Å². The molecule has 2 aromatic rings. The van der Waals surface area contributed by atoms with Crippen LogP contribution in [0.2, 0.25) is 0 Å². The first-order chi connectivity index (χ1) is 7.86. The molecule has 0 aliphatic heterocycles. The fourth-order valence-corrected chi connectivity index (χ4v) is 1.85. The van der Waals surface area contributed by atoms with Gasteiger partial charge in [-0.3, -0.25) is 0 Å². The lowest BCUT2D eigenvalue weighted by molar-refractivity contribution is 0.467. The second kappa shape index (κ2) is 5.36. The molecular weight excluding hydrogens is 196 g/mol. The molecule has 2 rings (SSSR count). The number of aryl methyl sites for hydroxylation is 2. The van der Waals surface area contributed by atoms with Gasteiger partial charge in [-0.05, 0) is 36.5 Å². The Kier molecular flexibility index (Phi) is 3.60. The number of phenolic OH excluding ortho intramolecular Hbond substituents is 1. The molecule has 82 valence electrons. The molecule has 1 heteroatoms. The van der Waals surface area contributed by atoms with Crippen LogP contribution in [0.25, 0.3) is 0 Å².